The van der Waals surface area contributed by atoms with Crippen LogP contribution in [0.15, 0.2) is 30.3 Å². The predicted octanol–water partition coefficient (Wildman–Crippen LogP) is 2.21. The molecule has 0 fully saturated rings. The van der Waals surface area contributed by atoms with Crippen LogP contribution in [-0.4, -0.2) is 75.0 Å². The quantitative estimate of drug-likeness (QED) is 0.129. The van der Waals surface area contributed by atoms with E-state index in [-0.39, 0.29) is 24.8 Å². The van der Waals surface area contributed by atoms with Crippen molar-refractivity contribution >= 4 is 11.9 Å². The highest BCUT2D eigenvalue weighted by Crippen LogP contribution is 2.10. The summed E-state index contributed by atoms with van der Waals surface area (Å²) in [6.07, 6.45) is 4.55. The number of amides is 1. The molecule has 1 aromatic carbocycles. The van der Waals surface area contributed by atoms with Gasteiger partial charge in [0, 0.05) is 19.4 Å². The van der Waals surface area contributed by atoms with Crippen molar-refractivity contribution in [3.8, 4) is 0 Å². The third-order valence-corrected chi connectivity index (χ3v) is 5.63. The highest BCUT2D eigenvalue weighted by atomic mass is 16.5. The normalized spacial score (nSPS) is 14.1. The number of esters is 1. The number of rotatable bonds is 18. The fourth-order valence-corrected chi connectivity index (χ4v) is 3.24. The molecule has 0 heterocycles. The second-order valence-corrected chi connectivity index (χ2v) is 8.83. The van der Waals surface area contributed by atoms with Crippen LogP contribution in [0.1, 0.15) is 83.6 Å². The van der Waals surface area contributed by atoms with Crippen LogP contribution in [0.3, 0.4) is 0 Å². The van der Waals surface area contributed by atoms with Gasteiger partial charge in [-0.3, -0.25) is 9.59 Å². The minimum atomic E-state index is -1.67. The van der Waals surface area contributed by atoms with Crippen molar-refractivity contribution in [2.75, 3.05) is 13.2 Å². The number of carbonyl (C=O) groups is 2. The molecule has 0 saturated carbocycles. The smallest absolute Gasteiger partial charge is 0.306 e. The summed E-state index contributed by atoms with van der Waals surface area (Å²) >= 11 is 0. The molecule has 36 heavy (non-hydrogen) atoms. The van der Waals surface area contributed by atoms with Gasteiger partial charge >= 0.3 is 5.97 Å². The molecule has 0 aliphatic heterocycles. The highest BCUT2D eigenvalue weighted by molar-refractivity contribution is 5.75. The first-order valence-electron chi connectivity index (χ1n) is 13.1. The first kappa shape index (κ1) is 34.0. The molecule has 0 bridgehead atoms. The molecule has 9 heteroatoms. The Morgan fingerprint density at radius 3 is 1.94 bits per heavy atom. The Balaban J connectivity index is 0.000000700. The standard InChI is InChI=1S/C18H28O2.C9H19NO6/c1-2-3-4-5-6-7-8-12-15-18(19)20-16-17-13-10-9-11-14-17;1-2-7(14)10-3-5(12)8(15)9(16)6(13)4-11/h9-11,13-14H,2-8,12,15-16H2,1H3;5-6,8-9,11-13,15-16H,2-4H2,1H3,(H,10,14)/t;5-,6+,8+,9+/m.0/s1. The maximum atomic E-state index is 11.6. The van der Waals surface area contributed by atoms with Crippen molar-refractivity contribution in [2.24, 2.45) is 0 Å². The van der Waals surface area contributed by atoms with Crippen LogP contribution >= 0.6 is 0 Å². The molecule has 9 nitrogen and oxygen atoms in total. The minimum Gasteiger partial charge on any atom is -0.461 e. The van der Waals surface area contributed by atoms with Crippen molar-refractivity contribution in [3.63, 3.8) is 0 Å². The Labute approximate surface area is 215 Å². The Hall–Kier alpha value is -2.04. The molecule has 0 spiro atoms. The molecule has 0 aliphatic carbocycles. The molecular formula is C27H47NO8. The zero-order valence-electron chi connectivity index (χ0n) is 21.8. The molecule has 0 unspecified atom stereocenters. The summed E-state index contributed by atoms with van der Waals surface area (Å²) in [5, 5.41) is 47.8. The molecule has 0 radical (unpaired) electrons. The molecular weight excluding hydrogens is 466 g/mol. The maximum absolute atomic E-state index is 11.6. The molecule has 0 saturated heterocycles. The summed E-state index contributed by atoms with van der Waals surface area (Å²) < 4.78 is 5.25. The first-order valence-corrected chi connectivity index (χ1v) is 13.1. The van der Waals surface area contributed by atoms with Crippen LogP contribution in [0.25, 0.3) is 0 Å². The van der Waals surface area contributed by atoms with Gasteiger partial charge in [0.1, 0.15) is 24.9 Å². The van der Waals surface area contributed by atoms with Gasteiger partial charge in [0.2, 0.25) is 5.91 Å². The van der Waals surface area contributed by atoms with E-state index in [2.05, 4.69) is 12.2 Å². The van der Waals surface area contributed by atoms with Gasteiger partial charge < -0.3 is 35.6 Å². The fraction of sp³-hybridized carbons (Fsp3) is 0.704. The number of carbonyl (C=O) groups excluding carboxylic acids is 2. The van der Waals surface area contributed by atoms with E-state index in [1.165, 1.54) is 38.5 Å². The summed E-state index contributed by atoms with van der Waals surface area (Å²) in [5.74, 6) is -0.372. The van der Waals surface area contributed by atoms with E-state index < -0.39 is 31.0 Å². The monoisotopic (exact) mass is 513 g/mol. The lowest BCUT2D eigenvalue weighted by Crippen LogP contribution is -2.49. The highest BCUT2D eigenvalue weighted by Gasteiger charge is 2.29. The zero-order valence-corrected chi connectivity index (χ0v) is 21.8. The van der Waals surface area contributed by atoms with Crippen LogP contribution in [0.5, 0.6) is 0 Å². The molecule has 1 rings (SSSR count). The minimum absolute atomic E-state index is 0.0696. The number of hydrogen-bond donors (Lipinski definition) is 6. The van der Waals surface area contributed by atoms with Gasteiger partial charge in [-0.1, -0.05) is 89.1 Å². The van der Waals surface area contributed by atoms with E-state index in [1.807, 2.05) is 30.3 Å². The molecule has 1 aromatic rings. The van der Waals surface area contributed by atoms with Crippen LogP contribution in [-0.2, 0) is 20.9 Å². The Bertz CT molecular complexity index is 673. The Morgan fingerprint density at radius 2 is 1.39 bits per heavy atom. The number of aliphatic hydroxyl groups is 5. The largest absolute Gasteiger partial charge is 0.461 e. The third-order valence-electron chi connectivity index (χ3n) is 5.63. The lowest BCUT2D eigenvalue weighted by Gasteiger charge is -2.25. The van der Waals surface area contributed by atoms with Crippen molar-refractivity contribution in [2.45, 2.75) is 109 Å². The van der Waals surface area contributed by atoms with E-state index >= 15 is 0 Å². The average Bonchev–Trinajstić information content (AvgIpc) is 2.91. The van der Waals surface area contributed by atoms with Crippen molar-refractivity contribution < 1.29 is 39.9 Å². The lowest BCUT2D eigenvalue weighted by molar-refractivity contribution is -0.145. The lowest BCUT2D eigenvalue weighted by atomic mass is 10.0. The van der Waals surface area contributed by atoms with Crippen LogP contribution in [0.2, 0.25) is 0 Å². The van der Waals surface area contributed by atoms with Gasteiger partial charge in [0.05, 0.1) is 12.7 Å². The number of aliphatic hydroxyl groups excluding tert-OH is 5. The van der Waals surface area contributed by atoms with Gasteiger partial charge in [-0.15, -0.1) is 0 Å². The second-order valence-electron chi connectivity index (χ2n) is 8.83. The van der Waals surface area contributed by atoms with Gasteiger partial charge in [-0.25, -0.2) is 0 Å². The summed E-state index contributed by atoms with van der Waals surface area (Å²) in [6, 6.07) is 9.84. The van der Waals surface area contributed by atoms with Crippen molar-refractivity contribution in [3.05, 3.63) is 35.9 Å². The van der Waals surface area contributed by atoms with Crippen molar-refractivity contribution in [1.82, 2.24) is 5.32 Å². The molecule has 0 aromatic heterocycles. The molecule has 4 atom stereocenters. The number of hydrogen-bond acceptors (Lipinski definition) is 8. The van der Waals surface area contributed by atoms with E-state index in [4.69, 9.17) is 14.9 Å². The van der Waals surface area contributed by atoms with Crippen LogP contribution in [0.4, 0.5) is 0 Å². The summed E-state index contributed by atoms with van der Waals surface area (Å²) in [4.78, 5) is 22.4. The number of unbranched alkanes of at least 4 members (excludes halogenated alkanes) is 7. The first-order chi connectivity index (χ1) is 17.3. The average molecular weight is 514 g/mol. The molecule has 0 aliphatic rings. The summed E-state index contributed by atoms with van der Waals surface area (Å²) in [6.45, 7) is 3.30. The Morgan fingerprint density at radius 1 is 0.833 bits per heavy atom. The molecule has 6 N–H and O–H groups in total. The second kappa shape index (κ2) is 22.2. The number of nitrogens with one attached hydrogen (secondary N) is 1. The predicted molar refractivity (Wildman–Crippen MR) is 138 cm³/mol. The van der Waals surface area contributed by atoms with Crippen LogP contribution < -0.4 is 5.32 Å². The summed E-state index contributed by atoms with van der Waals surface area (Å²) in [7, 11) is 0. The van der Waals surface area contributed by atoms with Crippen molar-refractivity contribution in [1.29, 1.82) is 0 Å². The van der Waals surface area contributed by atoms with Crippen LogP contribution in [0, 0.1) is 0 Å². The van der Waals surface area contributed by atoms with E-state index in [9.17, 15) is 24.9 Å². The third kappa shape index (κ3) is 17.4. The number of benzene rings is 1. The van der Waals surface area contributed by atoms with E-state index in [1.54, 1.807) is 6.92 Å². The van der Waals surface area contributed by atoms with Gasteiger partial charge in [0.15, 0.2) is 0 Å². The fourth-order valence-electron chi connectivity index (χ4n) is 3.24. The SMILES string of the molecule is CCC(=O)NC[C@H](O)[C@@H](O)[C@H](O)[C@H](O)CO.CCCCCCCCCCC(=O)OCc1ccccc1. The number of ether oxygens (including phenoxy) is 1. The molecule has 208 valence electrons. The maximum Gasteiger partial charge on any atom is 0.306 e. The van der Waals surface area contributed by atoms with Gasteiger partial charge in [0.25, 0.3) is 0 Å². The molecule has 1 amide bonds. The van der Waals surface area contributed by atoms with Gasteiger partial charge in [-0.2, -0.15) is 0 Å². The van der Waals surface area contributed by atoms with E-state index in [0.29, 0.717) is 13.0 Å². The van der Waals surface area contributed by atoms with E-state index in [0.717, 1.165) is 18.4 Å². The zero-order chi connectivity index (χ0) is 27.2. The Kier molecular flexibility index (Phi) is 20.9. The summed E-state index contributed by atoms with van der Waals surface area (Å²) in [5.41, 5.74) is 1.05. The van der Waals surface area contributed by atoms with Gasteiger partial charge in [-0.05, 0) is 12.0 Å². The topological polar surface area (TPSA) is 157 Å².